The third-order valence-corrected chi connectivity index (χ3v) is 4.94. The Morgan fingerprint density at radius 3 is 2.96 bits per heavy atom. The molecule has 4 rings (SSSR count). The summed E-state index contributed by atoms with van der Waals surface area (Å²) in [5.74, 6) is 0.757. The number of hydrogen-bond donors (Lipinski definition) is 1. The van der Waals surface area contributed by atoms with E-state index >= 15 is 0 Å². The molecule has 1 aromatic carbocycles. The topological polar surface area (TPSA) is 77.1 Å². The predicted octanol–water partition coefficient (Wildman–Crippen LogP) is 2.00. The first kappa shape index (κ1) is 14.8. The summed E-state index contributed by atoms with van der Waals surface area (Å²) in [4.78, 5) is 16.6. The van der Waals surface area contributed by atoms with Crippen molar-refractivity contribution in [2.75, 3.05) is 11.9 Å². The Balaban J connectivity index is 1.52. The molecule has 0 bridgehead atoms. The monoisotopic (exact) mass is 340 g/mol. The van der Waals surface area contributed by atoms with Gasteiger partial charge in [-0.1, -0.05) is 23.5 Å². The summed E-state index contributed by atoms with van der Waals surface area (Å²) in [5, 5.41) is 12.3. The maximum absolute atomic E-state index is 12.0. The second-order valence-corrected chi connectivity index (χ2v) is 6.67. The molecule has 0 aliphatic heterocycles. The Kier molecular flexibility index (Phi) is 3.53. The van der Waals surface area contributed by atoms with Crippen LogP contribution in [0.2, 0.25) is 0 Å². The summed E-state index contributed by atoms with van der Waals surface area (Å²) in [6.07, 6.45) is 4.18. The number of benzene rings is 1. The van der Waals surface area contributed by atoms with Crippen molar-refractivity contribution in [2.45, 2.75) is 13.3 Å². The van der Waals surface area contributed by atoms with E-state index in [1.54, 1.807) is 29.0 Å². The summed E-state index contributed by atoms with van der Waals surface area (Å²) < 4.78 is 4.41. The van der Waals surface area contributed by atoms with Crippen LogP contribution in [0.25, 0.3) is 15.9 Å². The highest BCUT2D eigenvalue weighted by Crippen LogP contribution is 2.27. The van der Waals surface area contributed by atoms with Crippen molar-refractivity contribution >= 4 is 32.3 Å². The molecule has 0 atom stereocenters. The number of anilines is 1. The van der Waals surface area contributed by atoms with E-state index in [-0.39, 0.29) is 5.56 Å². The number of hydrogen-bond acceptors (Lipinski definition) is 6. The fraction of sp³-hybridized carbons (Fsp3) is 0.250. The molecule has 0 fully saturated rings. The highest BCUT2D eigenvalue weighted by atomic mass is 32.1. The molecule has 0 aliphatic rings. The minimum Gasteiger partial charge on any atom is -0.361 e. The van der Waals surface area contributed by atoms with Crippen molar-refractivity contribution in [2.24, 2.45) is 7.05 Å². The maximum atomic E-state index is 12.0. The van der Waals surface area contributed by atoms with Gasteiger partial charge in [0.1, 0.15) is 5.82 Å². The van der Waals surface area contributed by atoms with Crippen molar-refractivity contribution in [3.63, 3.8) is 0 Å². The third kappa shape index (κ3) is 2.44. The zero-order valence-corrected chi connectivity index (χ0v) is 14.2. The van der Waals surface area contributed by atoms with E-state index in [0.717, 1.165) is 16.5 Å². The lowest BCUT2D eigenvalue weighted by molar-refractivity contribution is 0.823. The van der Waals surface area contributed by atoms with Crippen molar-refractivity contribution in [1.29, 1.82) is 0 Å². The lowest BCUT2D eigenvalue weighted by Gasteiger charge is -2.02. The summed E-state index contributed by atoms with van der Waals surface area (Å²) in [7, 11) is 1.70. The number of rotatable bonds is 4. The molecule has 7 nitrogen and oxygen atoms in total. The number of aryl methyl sites for hydroxylation is 2. The van der Waals surface area contributed by atoms with Crippen LogP contribution in [0.4, 0.5) is 5.13 Å². The van der Waals surface area contributed by atoms with Crippen LogP contribution in [0, 0.1) is 6.92 Å². The molecule has 24 heavy (non-hydrogen) atoms. The van der Waals surface area contributed by atoms with Gasteiger partial charge in [0, 0.05) is 32.4 Å². The first-order valence-corrected chi connectivity index (χ1v) is 8.44. The fourth-order valence-corrected chi connectivity index (χ4v) is 3.60. The number of para-hydroxylation sites is 1. The smallest absolute Gasteiger partial charge is 0.295 e. The molecular weight excluding hydrogens is 324 g/mol. The van der Waals surface area contributed by atoms with Crippen LogP contribution in [-0.4, -0.2) is 30.7 Å². The molecule has 0 aliphatic carbocycles. The van der Waals surface area contributed by atoms with Crippen LogP contribution in [0.1, 0.15) is 11.4 Å². The largest absolute Gasteiger partial charge is 0.361 e. The zero-order chi connectivity index (χ0) is 16.7. The Morgan fingerprint density at radius 2 is 2.12 bits per heavy atom. The second-order valence-electron chi connectivity index (χ2n) is 5.64. The minimum absolute atomic E-state index is 0.147. The highest BCUT2D eigenvalue weighted by molar-refractivity contribution is 7.22. The van der Waals surface area contributed by atoms with E-state index in [2.05, 4.69) is 39.6 Å². The summed E-state index contributed by atoms with van der Waals surface area (Å²) in [5.41, 5.74) is 2.42. The molecule has 0 unspecified atom stereocenters. The molecular formula is C16H16N6OS. The second kappa shape index (κ2) is 5.72. The number of nitrogens with one attached hydrogen (secondary N) is 1. The van der Waals surface area contributed by atoms with Crippen LogP contribution in [0.15, 0.2) is 35.4 Å². The van der Waals surface area contributed by atoms with Crippen LogP contribution in [0.3, 0.4) is 0 Å². The van der Waals surface area contributed by atoms with Gasteiger partial charge < -0.3 is 9.88 Å². The third-order valence-electron chi connectivity index (χ3n) is 3.96. The molecule has 0 saturated heterocycles. The average molecular weight is 340 g/mol. The van der Waals surface area contributed by atoms with Gasteiger partial charge in [-0.3, -0.25) is 9.20 Å². The lowest BCUT2D eigenvalue weighted by Crippen LogP contribution is -2.19. The summed E-state index contributed by atoms with van der Waals surface area (Å²) in [6, 6.07) is 6.18. The Labute approximate surface area is 141 Å². The maximum Gasteiger partial charge on any atom is 0.295 e. The van der Waals surface area contributed by atoms with Gasteiger partial charge in [0.05, 0.1) is 10.2 Å². The van der Waals surface area contributed by atoms with Gasteiger partial charge in [-0.05, 0) is 18.6 Å². The number of aromatic nitrogens is 5. The molecule has 1 N–H and O–H groups in total. The predicted molar refractivity (Wildman–Crippen MR) is 94.8 cm³/mol. The fourth-order valence-electron chi connectivity index (χ4n) is 2.63. The average Bonchev–Trinajstić information content (AvgIpc) is 3.16. The van der Waals surface area contributed by atoms with Gasteiger partial charge in [-0.2, -0.15) is 0 Å². The van der Waals surface area contributed by atoms with Crippen molar-refractivity contribution < 1.29 is 0 Å². The normalized spacial score (nSPS) is 11.4. The molecule has 0 radical (unpaired) electrons. The molecule has 3 heterocycles. The Morgan fingerprint density at radius 1 is 1.25 bits per heavy atom. The number of thiazole rings is 1. The van der Waals surface area contributed by atoms with Gasteiger partial charge in [-0.15, -0.1) is 10.2 Å². The van der Waals surface area contributed by atoms with Gasteiger partial charge in [-0.25, -0.2) is 4.98 Å². The van der Waals surface area contributed by atoms with Crippen LogP contribution >= 0.6 is 11.3 Å². The van der Waals surface area contributed by atoms with E-state index in [0.29, 0.717) is 18.6 Å². The molecule has 0 spiro atoms. The molecule has 4 aromatic rings. The SMILES string of the molecule is Cc1cccc2sc(NCCc3nnc4c(=O)n(C)ccn34)nc12. The first-order chi connectivity index (χ1) is 11.6. The molecule has 8 heteroatoms. The van der Waals surface area contributed by atoms with Gasteiger partial charge in [0.25, 0.3) is 5.56 Å². The van der Waals surface area contributed by atoms with Crippen molar-refractivity contribution in [3.8, 4) is 0 Å². The highest BCUT2D eigenvalue weighted by Gasteiger charge is 2.10. The Hall–Kier alpha value is -2.74. The number of nitrogens with zero attached hydrogens (tertiary/aromatic N) is 5. The van der Waals surface area contributed by atoms with Gasteiger partial charge in [0.15, 0.2) is 5.13 Å². The van der Waals surface area contributed by atoms with E-state index < -0.39 is 0 Å². The quantitative estimate of drug-likeness (QED) is 0.615. The Bertz CT molecular complexity index is 1090. The molecule has 3 aromatic heterocycles. The van der Waals surface area contributed by atoms with E-state index in [1.807, 2.05) is 12.3 Å². The van der Waals surface area contributed by atoms with E-state index in [4.69, 9.17) is 0 Å². The van der Waals surface area contributed by atoms with Gasteiger partial charge >= 0.3 is 0 Å². The van der Waals surface area contributed by atoms with E-state index in [1.165, 1.54) is 14.8 Å². The standard InChI is InChI=1S/C16H16N6OS/c1-10-4-3-5-11-13(10)18-16(24-11)17-7-6-12-19-20-14-15(23)21(2)8-9-22(12)14/h3-5,8-9H,6-7H2,1-2H3,(H,17,18). The number of fused-ring (bicyclic) bond motifs is 2. The van der Waals surface area contributed by atoms with Gasteiger partial charge in [0.2, 0.25) is 5.65 Å². The molecule has 0 amide bonds. The van der Waals surface area contributed by atoms with Crippen LogP contribution in [-0.2, 0) is 13.5 Å². The van der Waals surface area contributed by atoms with Crippen molar-refractivity contribution in [1.82, 2.24) is 24.1 Å². The lowest BCUT2D eigenvalue weighted by atomic mass is 10.2. The molecule has 0 saturated carbocycles. The van der Waals surface area contributed by atoms with Crippen LogP contribution < -0.4 is 10.9 Å². The van der Waals surface area contributed by atoms with Crippen molar-refractivity contribution in [3.05, 3.63) is 52.3 Å². The summed E-state index contributed by atoms with van der Waals surface area (Å²) >= 11 is 1.64. The van der Waals surface area contributed by atoms with Crippen LogP contribution in [0.5, 0.6) is 0 Å². The first-order valence-electron chi connectivity index (χ1n) is 7.63. The zero-order valence-electron chi connectivity index (χ0n) is 13.4. The van der Waals surface area contributed by atoms with E-state index in [9.17, 15) is 4.79 Å². The molecule has 122 valence electrons. The minimum atomic E-state index is -0.147. The summed E-state index contributed by atoms with van der Waals surface area (Å²) in [6.45, 7) is 2.74.